The summed E-state index contributed by atoms with van der Waals surface area (Å²) in [5, 5.41) is 12.4. The first-order valence-electron chi connectivity index (χ1n) is 10.2. The minimum Gasteiger partial charge on any atom is -0.494 e. The molecule has 0 aliphatic rings. The molecule has 0 saturated carbocycles. The second kappa shape index (κ2) is 10.5. The molecule has 6 nitrogen and oxygen atoms in total. The number of carbonyl (C=O) groups is 1. The third-order valence-electron chi connectivity index (χ3n) is 4.62. The van der Waals surface area contributed by atoms with E-state index in [2.05, 4.69) is 15.5 Å². The van der Waals surface area contributed by atoms with Crippen LogP contribution in [0.4, 0.5) is 10.1 Å². The summed E-state index contributed by atoms with van der Waals surface area (Å²) in [5.41, 5.74) is 1.77. The minimum absolute atomic E-state index is 0.0319. The van der Waals surface area contributed by atoms with Crippen LogP contribution in [-0.4, -0.2) is 33.0 Å². The molecule has 33 heavy (non-hydrogen) atoms. The quantitative estimate of drug-likeness (QED) is 0.319. The standard InChI is InChI=1S/C24H20ClFN4O2S/c1-2-32-19-13-11-18(12-14-19)30-23(16-7-9-17(25)10-8-16)28-29-24(30)33-15-22(31)27-21-6-4-3-5-20(21)26/h3-14H,2,15H2,1H3,(H,27,31). The second-order valence-electron chi connectivity index (χ2n) is 6.89. The highest BCUT2D eigenvalue weighted by Gasteiger charge is 2.18. The fourth-order valence-corrected chi connectivity index (χ4v) is 4.00. The first-order chi connectivity index (χ1) is 16.0. The Bertz CT molecular complexity index is 1250. The molecule has 0 spiro atoms. The molecule has 0 aliphatic heterocycles. The van der Waals surface area contributed by atoms with Crippen LogP contribution in [0.3, 0.4) is 0 Å². The van der Waals surface area contributed by atoms with Crippen LogP contribution in [0.1, 0.15) is 6.92 Å². The van der Waals surface area contributed by atoms with Gasteiger partial charge in [-0.05, 0) is 67.6 Å². The molecule has 0 radical (unpaired) electrons. The van der Waals surface area contributed by atoms with Crippen molar-refractivity contribution in [2.24, 2.45) is 0 Å². The van der Waals surface area contributed by atoms with Crippen molar-refractivity contribution in [3.63, 3.8) is 0 Å². The molecule has 0 fully saturated rings. The van der Waals surface area contributed by atoms with Gasteiger partial charge in [0.25, 0.3) is 0 Å². The van der Waals surface area contributed by atoms with Crippen molar-refractivity contribution in [2.75, 3.05) is 17.7 Å². The lowest BCUT2D eigenvalue weighted by Gasteiger charge is -2.12. The molecular weight excluding hydrogens is 463 g/mol. The van der Waals surface area contributed by atoms with Gasteiger partial charge >= 0.3 is 0 Å². The lowest BCUT2D eigenvalue weighted by atomic mass is 10.2. The lowest BCUT2D eigenvalue weighted by Crippen LogP contribution is -2.15. The average Bonchev–Trinajstić information content (AvgIpc) is 3.24. The number of halogens is 2. The van der Waals surface area contributed by atoms with Gasteiger partial charge in [-0.3, -0.25) is 9.36 Å². The van der Waals surface area contributed by atoms with Crippen molar-refractivity contribution in [3.05, 3.63) is 83.6 Å². The van der Waals surface area contributed by atoms with E-state index in [4.69, 9.17) is 16.3 Å². The Kier molecular flexibility index (Phi) is 7.26. The van der Waals surface area contributed by atoms with Gasteiger partial charge in [-0.1, -0.05) is 35.5 Å². The first-order valence-corrected chi connectivity index (χ1v) is 11.5. The van der Waals surface area contributed by atoms with Gasteiger partial charge in [0, 0.05) is 16.3 Å². The maximum Gasteiger partial charge on any atom is 0.234 e. The highest BCUT2D eigenvalue weighted by atomic mass is 35.5. The van der Waals surface area contributed by atoms with Gasteiger partial charge in [-0.15, -0.1) is 10.2 Å². The summed E-state index contributed by atoms with van der Waals surface area (Å²) < 4.78 is 21.2. The number of nitrogens with zero attached hydrogens (tertiary/aromatic N) is 3. The van der Waals surface area contributed by atoms with E-state index in [1.54, 1.807) is 24.3 Å². The molecule has 0 bridgehead atoms. The number of amides is 1. The van der Waals surface area contributed by atoms with Crippen molar-refractivity contribution in [1.29, 1.82) is 0 Å². The Morgan fingerprint density at radius 3 is 2.48 bits per heavy atom. The van der Waals surface area contributed by atoms with Gasteiger partial charge in [0.1, 0.15) is 11.6 Å². The predicted octanol–water partition coefficient (Wildman–Crippen LogP) is 5.86. The number of aromatic nitrogens is 3. The molecule has 1 N–H and O–H groups in total. The van der Waals surface area contributed by atoms with E-state index in [9.17, 15) is 9.18 Å². The smallest absolute Gasteiger partial charge is 0.234 e. The molecule has 0 atom stereocenters. The lowest BCUT2D eigenvalue weighted by molar-refractivity contribution is -0.113. The third kappa shape index (κ3) is 5.53. The number of ether oxygens (including phenoxy) is 1. The first kappa shape index (κ1) is 22.8. The largest absolute Gasteiger partial charge is 0.494 e. The number of benzene rings is 3. The van der Waals surface area contributed by atoms with Gasteiger partial charge in [-0.2, -0.15) is 0 Å². The molecule has 168 valence electrons. The van der Waals surface area contributed by atoms with E-state index in [0.717, 1.165) is 17.0 Å². The van der Waals surface area contributed by atoms with E-state index in [1.165, 1.54) is 23.9 Å². The number of para-hydroxylation sites is 1. The number of carbonyl (C=O) groups excluding carboxylic acids is 1. The van der Waals surface area contributed by atoms with Gasteiger partial charge in [-0.25, -0.2) is 4.39 Å². The maximum absolute atomic E-state index is 13.8. The van der Waals surface area contributed by atoms with Crippen molar-refractivity contribution >= 4 is 35.0 Å². The molecule has 9 heteroatoms. The zero-order valence-corrected chi connectivity index (χ0v) is 19.2. The van der Waals surface area contributed by atoms with E-state index in [1.807, 2.05) is 47.9 Å². The second-order valence-corrected chi connectivity index (χ2v) is 8.27. The van der Waals surface area contributed by atoms with Crippen LogP contribution in [-0.2, 0) is 4.79 Å². The van der Waals surface area contributed by atoms with E-state index in [-0.39, 0.29) is 17.3 Å². The summed E-state index contributed by atoms with van der Waals surface area (Å²) in [6.07, 6.45) is 0. The van der Waals surface area contributed by atoms with E-state index < -0.39 is 5.82 Å². The molecule has 0 saturated heterocycles. The van der Waals surface area contributed by atoms with Crippen molar-refractivity contribution in [3.8, 4) is 22.8 Å². The van der Waals surface area contributed by atoms with E-state index in [0.29, 0.717) is 22.6 Å². The Balaban J connectivity index is 1.61. The van der Waals surface area contributed by atoms with Crippen LogP contribution in [0.25, 0.3) is 17.1 Å². The Morgan fingerprint density at radius 2 is 1.79 bits per heavy atom. The number of nitrogens with one attached hydrogen (secondary N) is 1. The third-order valence-corrected chi connectivity index (χ3v) is 5.80. The number of rotatable bonds is 8. The van der Waals surface area contributed by atoms with Gasteiger partial charge < -0.3 is 10.1 Å². The number of thioether (sulfide) groups is 1. The molecule has 0 unspecified atom stereocenters. The van der Waals surface area contributed by atoms with Crippen molar-refractivity contribution < 1.29 is 13.9 Å². The summed E-state index contributed by atoms with van der Waals surface area (Å²) in [6.45, 7) is 2.49. The fraction of sp³-hybridized carbons (Fsp3) is 0.125. The molecule has 4 aromatic rings. The molecule has 1 amide bonds. The molecule has 1 heterocycles. The molecule has 4 rings (SSSR count). The topological polar surface area (TPSA) is 69.0 Å². The summed E-state index contributed by atoms with van der Waals surface area (Å²) in [5.74, 6) is 0.552. The molecule has 1 aromatic heterocycles. The normalized spacial score (nSPS) is 10.8. The van der Waals surface area contributed by atoms with Crippen LogP contribution in [0, 0.1) is 5.82 Å². The Labute approximate surface area is 199 Å². The summed E-state index contributed by atoms with van der Waals surface area (Å²) in [6, 6.07) is 20.8. The zero-order chi connectivity index (χ0) is 23.2. The predicted molar refractivity (Wildman–Crippen MR) is 129 cm³/mol. The number of hydrogen-bond donors (Lipinski definition) is 1. The van der Waals surface area contributed by atoms with Crippen molar-refractivity contribution in [1.82, 2.24) is 14.8 Å². The maximum atomic E-state index is 13.8. The van der Waals surface area contributed by atoms with Gasteiger partial charge in [0.15, 0.2) is 11.0 Å². The minimum atomic E-state index is -0.488. The number of anilines is 1. The van der Waals surface area contributed by atoms with Gasteiger partial charge in [0.05, 0.1) is 18.0 Å². The van der Waals surface area contributed by atoms with Crippen LogP contribution in [0.15, 0.2) is 78.0 Å². The molecular formula is C24H20ClFN4O2S. The SMILES string of the molecule is CCOc1ccc(-n2c(SCC(=O)Nc3ccccc3F)nnc2-c2ccc(Cl)cc2)cc1. The van der Waals surface area contributed by atoms with Crippen LogP contribution < -0.4 is 10.1 Å². The van der Waals surface area contributed by atoms with Crippen LogP contribution in [0.2, 0.25) is 5.02 Å². The Hall–Kier alpha value is -3.36. The highest BCUT2D eigenvalue weighted by molar-refractivity contribution is 7.99. The fourth-order valence-electron chi connectivity index (χ4n) is 3.12. The summed E-state index contributed by atoms with van der Waals surface area (Å²) in [4.78, 5) is 12.4. The summed E-state index contributed by atoms with van der Waals surface area (Å²) >= 11 is 7.24. The highest BCUT2D eigenvalue weighted by Crippen LogP contribution is 2.29. The zero-order valence-electron chi connectivity index (χ0n) is 17.7. The Morgan fingerprint density at radius 1 is 1.06 bits per heavy atom. The van der Waals surface area contributed by atoms with Crippen LogP contribution in [0.5, 0.6) is 5.75 Å². The molecule has 3 aromatic carbocycles. The van der Waals surface area contributed by atoms with E-state index >= 15 is 0 Å². The number of hydrogen-bond acceptors (Lipinski definition) is 5. The van der Waals surface area contributed by atoms with Gasteiger partial charge in [0.2, 0.25) is 5.91 Å². The van der Waals surface area contributed by atoms with Crippen LogP contribution >= 0.6 is 23.4 Å². The van der Waals surface area contributed by atoms with Crippen molar-refractivity contribution in [2.45, 2.75) is 12.1 Å². The average molecular weight is 483 g/mol. The molecule has 0 aliphatic carbocycles. The monoisotopic (exact) mass is 482 g/mol. The summed E-state index contributed by atoms with van der Waals surface area (Å²) in [7, 11) is 0.